The van der Waals surface area contributed by atoms with E-state index in [-0.39, 0.29) is 24.8 Å². The Kier molecular flexibility index (Phi) is 8.92. The van der Waals surface area contributed by atoms with Gasteiger partial charge in [0.2, 0.25) is 5.91 Å². The molecule has 2 saturated heterocycles. The second-order valence-corrected chi connectivity index (χ2v) is 10.1. The van der Waals surface area contributed by atoms with Gasteiger partial charge in [0.25, 0.3) is 0 Å². The molecule has 2 aliphatic heterocycles. The van der Waals surface area contributed by atoms with E-state index in [9.17, 15) is 9.59 Å². The summed E-state index contributed by atoms with van der Waals surface area (Å²) in [6.07, 6.45) is 3.89. The summed E-state index contributed by atoms with van der Waals surface area (Å²) < 4.78 is 5.38. The molecular formula is C26H24Cl4N2O3. The maximum Gasteiger partial charge on any atom is 0.224 e. The minimum absolute atomic E-state index is 0.0101. The van der Waals surface area contributed by atoms with Crippen LogP contribution in [0.3, 0.4) is 0 Å². The molecule has 5 nitrogen and oxygen atoms in total. The zero-order valence-corrected chi connectivity index (χ0v) is 21.9. The Bertz CT molecular complexity index is 1120. The maximum absolute atomic E-state index is 13.4. The highest BCUT2D eigenvalue weighted by Crippen LogP contribution is 2.28. The lowest BCUT2D eigenvalue weighted by Crippen LogP contribution is -2.44. The first-order valence-corrected chi connectivity index (χ1v) is 12.7. The molecule has 35 heavy (non-hydrogen) atoms. The van der Waals surface area contributed by atoms with E-state index in [0.29, 0.717) is 57.4 Å². The third kappa shape index (κ3) is 6.88. The van der Waals surface area contributed by atoms with Crippen LogP contribution < -0.4 is 0 Å². The number of nitrogens with zero attached hydrogens (tertiary/aromatic N) is 2. The molecule has 2 fully saturated rings. The Morgan fingerprint density at radius 2 is 1.34 bits per heavy atom. The first-order chi connectivity index (χ1) is 16.8. The van der Waals surface area contributed by atoms with Gasteiger partial charge in [-0.1, -0.05) is 58.5 Å². The molecule has 0 unspecified atom stereocenters. The van der Waals surface area contributed by atoms with Crippen molar-refractivity contribution in [3.05, 3.63) is 78.8 Å². The molecule has 0 saturated carbocycles. The summed E-state index contributed by atoms with van der Waals surface area (Å²) in [5.74, 6) is -0.136. The largest absolute Gasteiger partial charge is 0.379 e. The van der Waals surface area contributed by atoms with Crippen LogP contribution in [0.4, 0.5) is 0 Å². The van der Waals surface area contributed by atoms with Crippen molar-refractivity contribution in [1.29, 1.82) is 0 Å². The molecule has 0 aliphatic carbocycles. The average Bonchev–Trinajstić information content (AvgIpc) is 2.85. The Labute approximate surface area is 224 Å². The second kappa shape index (κ2) is 11.9. The number of hydrogen-bond acceptors (Lipinski definition) is 4. The summed E-state index contributed by atoms with van der Waals surface area (Å²) in [5, 5.41) is 1.66. The molecule has 0 radical (unpaired) electrons. The van der Waals surface area contributed by atoms with Crippen LogP contribution in [0, 0.1) is 0 Å². The topological polar surface area (TPSA) is 49.9 Å². The predicted molar refractivity (Wildman–Crippen MR) is 142 cm³/mol. The average molecular weight is 554 g/mol. The third-order valence-electron chi connectivity index (χ3n) is 5.97. The number of carbonyl (C=O) groups is 2. The molecule has 2 aliphatic rings. The maximum atomic E-state index is 13.4. The number of likely N-dealkylation sites (tertiary alicyclic amines) is 1. The standard InChI is InChI=1S/C26H24Cl4N2O3/c27-21-3-1-17(13-23(21)29)11-19-15-32(25(33)5-6-31-7-9-35-10-8-31)16-20(26(19)34)12-18-2-4-22(28)24(30)14-18/h1-4,11-14H,5-10,15-16H2/b19-11+,20-12+. The molecule has 184 valence electrons. The van der Waals surface area contributed by atoms with Crippen LogP contribution in [0.2, 0.25) is 20.1 Å². The lowest BCUT2D eigenvalue weighted by atomic mass is 9.94. The van der Waals surface area contributed by atoms with Gasteiger partial charge in [0.15, 0.2) is 5.78 Å². The number of halogens is 4. The Balaban J connectivity index is 1.60. The van der Waals surface area contributed by atoms with E-state index >= 15 is 0 Å². The summed E-state index contributed by atoms with van der Waals surface area (Å²) in [6.45, 7) is 4.09. The van der Waals surface area contributed by atoms with Gasteiger partial charge in [0, 0.05) is 50.3 Å². The number of rotatable bonds is 5. The molecule has 4 rings (SSSR count). The molecule has 0 spiro atoms. The van der Waals surface area contributed by atoms with Gasteiger partial charge in [0.1, 0.15) is 0 Å². The quantitative estimate of drug-likeness (QED) is 0.432. The smallest absolute Gasteiger partial charge is 0.224 e. The minimum Gasteiger partial charge on any atom is -0.379 e. The van der Waals surface area contributed by atoms with Gasteiger partial charge in [-0.3, -0.25) is 14.5 Å². The van der Waals surface area contributed by atoms with Crippen molar-refractivity contribution in [2.75, 3.05) is 45.9 Å². The zero-order valence-electron chi connectivity index (χ0n) is 18.9. The van der Waals surface area contributed by atoms with Gasteiger partial charge >= 0.3 is 0 Å². The summed E-state index contributed by atoms with van der Waals surface area (Å²) in [6, 6.07) is 10.3. The number of benzene rings is 2. The fourth-order valence-corrected chi connectivity index (χ4v) is 4.67. The molecule has 1 amide bonds. The van der Waals surface area contributed by atoms with Crippen LogP contribution in [-0.2, 0) is 14.3 Å². The van der Waals surface area contributed by atoms with E-state index in [2.05, 4.69) is 4.90 Å². The molecule has 0 bridgehead atoms. The number of carbonyl (C=O) groups excluding carboxylic acids is 2. The Morgan fingerprint density at radius 3 is 1.83 bits per heavy atom. The van der Waals surface area contributed by atoms with Crippen molar-refractivity contribution in [3.63, 3.8) is 0 Å². The second-order valence-electron chi connectivity index (χ2n) is 8.47. The molecular weight excluding hydrogens is 530 g/mol. The normalized spacial score (nSPS) is 19.5. The van der Waals surface area contributed by atoms with E-state index in [1.807, 2.05) is 0 Å². The van der Waals surface area contributed by atoms with E-state index in [1.54, 1.807) is 53.5 Å². The zero-order chi connectivity index (χ0) is 24.9. The Morgan fingerprint density at radius 1 is 0.829 bits per heavy atom. The fraction of sp³-hybridized carbons (Fsp3) is 0.308. The molecule has 2 aromatic rings. The highest BCUT2D eigenvalue weighted by molar-refractivity contribution is 6.42. The summed E-state index contributed by atoms with van der Waals surface area (Å²) >= 11 is 24.4. The van der Waals surface area contributed by atoms with Gasteiger partial charge in [-0.25, -0.2) is 0 Å². The fourth-order valence-electron chi connectivity index (χ4n) is 4.06. The number of ketones is 1. The number of piperidine rings is 1. The van der Waals surface area contributed by atoms with Crippen molar-refractivity contribution in [3.8, 4) is 0 Å². The SMILES string of the molecule is O=C1/C(=C/c2ccc(Cl)c(Cl)c2)CN(C(=O)CCN2CCOCC2)C/C1=C\c1ccc(Cl)c(Cl)c1. The highest BCUT2D eigenvalue weighted by atomic mass is 35.5. The van der Waals surface area contributed by atoms with Crippen molar-refractivity contribution >= 4 is 70.2 Å². The molecule has 0 atom stereocenters. The minimum atomic E-state index is -0.126. The van der Waals surface area contributed by atoms with Gasteiger partial charge in [0.05, 0.1) is 33.3 Å². The van der Waals surface area contributed by atoms with Crippen molar-refractivity contribution in [2.24, 2.45) is 0 Å². The van der Waals surface area contributed by atoms with Gasteiger partial charge in [-0.2, -0.15) is 0 Å². The lowest BCUT2D eigenvalue weighted by Gasteiger charge is -2.31. The van der Waals surface area contributed by atoms with Crippen LogP contribution in [0.5, 0.6) is 0 Å². The summed E-state index contributed by atoms with van der Waals surface area (Å²) in [4.78, 5) is 30.5. The van der Waals surface area contributed by atoms with Gasteiger partial charge in [-0.05, 0) is 47.5 Å². The molecule has 0 N–H and O–H groups in total. The number of amides is 1. The van der Waals surface area contributed by atoms with Gasteiger partial charge < -0.3 is 9.64 Å². The number of Topliss-reactive ketones (excluding diaryl/α,β-unsaturated/α-hetero) is 1. The third-order valence-corrected chi connectivity index (χ3v) is 7.45. The predicted octanol–water partition coefficient (Wildman–Crippen LogP) is 5.90. The molecule has 2 aromatic carbocycles. The van der Waals surface area contributed by atoms with Gasteiger partial charge in [-0.15, -0.1) is 0 Å². The lowest BCUT2D eigenvalue weighted by molar-refractivity contribution is -0.131. The Hall–Kier alpha value is -1.86. The van der Waals surface area contributed by atoms with E-state index in [4.69, 9.17) is 51.1 Å². The summed E-state index contributed by atoms with van der Waals surface area (Å²) in [7, 11) is 0. The van der Waals surface area contributed by atoms with E-state index in [0.717, 1.165) is 24.2 Å². The summed E-state index contributed by atoms with van der Waals surface area (Å²) in [5.41, 5.74) is 2.47. The monoisotopic (exact) mass is 552 g/mol. The first kappa shape index (κ1) is 26.2. The number of morpholine rings is 1. The molecule has 0 aromatic heterocycles. The van der Waals surface area contributed by atoms with Crippen LogP contribution in [0.25, 0.3) is 12.2 Å². The van der Waals surface area contributed by atoms with Crippen LogP contribution >= 0.6 is 46.4 Å². The number of ether oxygens (including phenoxy) is 1. The van der Waals surface area contributed by atoms with Crippen LogP contribution in [0.15, 0.2) is 47.5 Å². The van der Waals surface area contributed by atoms with Crippen LogP contribution in [0.1, 0.15) is 17.5 Å². The van der Waals surface area contributed by atoms with Crippen molar-refractivity contribution < 1.29 is 14.3 Å². The highest BCUT2D eigenvalue weighted by Gasteiger charge is 2.29. The molecule has 9 heteroatoms. The molecule has 2 heterocycles. The number of hydrogen-bond donors (Lipinski definition) is 0. The first-order valence-electron chi connectivity index (χ1n) is 11.2. The van der Waals surface area contributed by atoms with Crippen molar-refractivity contribution in [2.45, 2.75) is 6.42 Å². The van der Waals surface area contributed by atoms with E-state index < -0.39 is 0 Å². The van der Waals surface area contributed by atoms with E-state index in [1.165, 1.54) is 0 Å². The van der Waals surface area contributed by atoms with Crippen LogP contribution in [-0.4, -0.2) is 67.4 Å². The van der Waals surface area contributed by atoms with Crippen molar-refractivity contribution in [1.82, 2.24) is 9.80 Å².